The van der Waals surface area contributed by atoms with Crippen molar-refractivity contribution in [1.82, 2.24) is 10.3 Å². The third-order valence-electron chi connectivity index (χ3n) is 4.08. The Hall–Kier alpha value is -3.75. The average molecular weight is 385 g/mol. The second-order valence-electron chi connectivity index (χ2n) is 5.81. The summed E-state index contributed by atoms with van der Waals surface area (Å²) in [4.78, 5) is 26.1. The van der Waals surface area contributed by atoms with Crippen LogP contribution in [-0.2, 0) is 11.2 Å². The highest BCUT2D eigenvalue weighted by Crippen LogP contribution is 2.35. The number of fused-ring (bicyclic) bond motifs is 1. The van der Waals surface area contributed by atoms with Crippen molar-refractivity contribution in [2.24, 2.45) is 0 Å². The number of nitro benzene ring substituents is 1. The van der Waals surface area contributed by atoms with E-state index in [1.54, 1.807) is 18.2 Å². The zero-order valence-corrected chi connectivity index (χ0v) is 15.1. The molecule has 3 rings (SSSR count). The van der Waals surface area contributed by atoms with E-state index < -0.39 is 10.7 Å². The topological polar surface area (TPSA) is 104 Å². The number of likely N-dealkylation sites (N-methyl/N-ethyl adjacent to an activating group) is 1. The van der Waals surface area contributed by atoms with Crippen molar-refractivity contribution in [1.29, 1.82) is 0 Å². The summed E-state index contributed by atoms with van der Waals surface area (Å²) in [5, 5.41) is 13.8. The monoisotopic (exact) mass is 385 g/mol. The van der Waals surface area contributed by atoms with Crippen LogP contribution < -0.4 is 14.8 Å². The maximum atomic E-state index is 14.2. The summed E-state index contributed by atoms with van der Waals surface area (Å²) < 4.78 is 25.2. The van der Waals surface area contributed by atoms with Crippen LogP contribution in [0.1, 0.15) is 5.56 Å². The molecule has 1 heterocycles. The lowest BCUT2D eigenvalue weighted by Gasteiger charge is -2.13. The smallest absolute Gasteiger partial charge is 0.272 e. The number of aromatic nitrogens is 1. The third kappa shape index (κ3) is 3.83. The quantitative estimate of drug-likeness (QED) is 0.515. The van der Waals surface area contributed by atoms with Crippen LogP contribution in [0.2, 0.25) is 0 Å². The van der Waals surface area contributed by atoms with Gasteiger partial charge in [-0.25, -0.2) is 4.39 Å². The van der Waals surface area contributed by atoms with Crippen LogP contribution in [0.5, 0.6) is 17.2 Å². The van der Waals surface area contributed by atoms with Gasteiger partial charge < -0.3 is 14.8 Å². The van der Waals surface area contributed by atoms with Crippen LogP contribution in [0.15, 0.2) is 42.6 Å². The SMILES string of the molecule is CNC(=O)Cc1cc2c(Oc3ccc([N+](=O)[O-])cc3F)ccnc2cc1OC. The number of nitrogens with zero attached hydrogens (tertiary/aromatic N) is 2. The number of rotatable bonds is 6. The maximum Gasteiger partial charge on any atom is 0.272 e. The standard InChI is InChI=1S/C19H16FN3O5/c1-21-19(24)8-11-7-13-15(10-18(11)27-2)22-6-5-16(13)28-17-4-3-12(23(25)26)9-14(17)20/h3-7,9-10H,8H2,1-2H3,(H,21,24). The Balaban J connectivity index is 2.05. The molecule has 1 N–H and O–H groups in total. The number of halogens is 1. The number of non-ortho nitro benzene ring substituents is 1. The molecular formula is C19H16FN3O5. The lowest BCUT2D eigenvalue weighted by molar-refractivity contribution is -0.385. The Morgan fingerprint density at radius 1 is 1.21 bits per heavy atom. The molecule has 144 valence electrons. The van der Waals surface area contributed by atoms with E-state index >= 15 is 0 Å². The number of benzene rings is 2. The van der Waals surface area contributed by atoms with Crippen LogP contribution in [0.4, 0.5) is 10.1 Å². The first-order valence-electron chi connectivity index (χ1n) is 8.21. The van der Waals surface area contributed by atoms with Gasteiger partial charge in [0.1, 0.15) is 11.5 Å². The minimum absolute atomic E-state index is 0.0792. The second-order valence-corrected chi connectivity index (χ2v) is 5.81. The zero-order valence-electron chi connectivity index (χ0n) is 15.1. The Kier molecular flexibility index (Phi) is 5.35. The van der Waals surface area contributed by atoms with Crippen LogP contribution in [0.3, 0.4) is 0 Å². The highest BCUT2D eigenvalue weighted by molar-refractivity contribution is 5.89. The number of pyridine rings is 1. The van der Waals surface area contributed by atoms with Gasteiger partial charge in [-0.05, 0) is 18.2 Å². The first kappa shape index (κ1) is 19.0. The molecule has 1 amide bonds. The molecule has 8 nitrogen and oxygen atoms in total. The molecule has 3 aromatic rings. The maximum absolute atomic E-state index is 14.2. The van der Waals surface area contributed by atoms with Gasteiger partial charge in [-0.2, -0.15) is 0 Å². The molecule has 0 aliphatic heterocycles. The van der Waals surface area contributed by atoms with Gasteiger partial charge in [0.05, 0.1) is 30.0 Å². The number of nitro groups is 1. The molecule has 1 aromatic heterocycles. The van der Waals surface area contributed by atoms with Gasteiger partial charge in [-0.15, -0.1) is 0 Å². The predicted octanol–water partition coefficient (Wildman–Crippen LogP) is 3.37. The Bertz CT molecular complexity index is 1070. The van der Waals surface area contributed by atoms with Crippen molar-refractivity contribution in [3.05, 3.63) is 64.1 Å². The summed E-state index contributed by atoms with van der Waals surface area (Å²) in [7, 11) is 3.02. The molecule has 0 fully saturated rings. The predicted molar refractivity (Wildman–Crippen MR) is 99.2 cm³/mol. The summed E-state index contributed by atoms with van der Waals surface area (Å²) in [5.41, 5.74) is 0.760. The minimum Gasteiger partial charge on any atom is -0.496 e. The van der Waals surface area contributed by atoms with E-state index in [1.807, 2.05) is 0 Å². The minimum atomic E-state index is -0.863. The second kappa shape index (κ2) is 7.87. The fourth-order valence-corrected chi connectivity index (χ4v) is 2.68. The largest absolute Gasteiger partial charge is 0.496 e. The molecule has 9 heteroatoms. The number of carbonyl (C=O) groups is 1. The Morgan fingerprint density at radius 3 is 2.64 bits per heavy atom. The number of carbonyl (C=O) groups excluding carboxylic acids is 1. The van der Waals surface area contributed by atoms with E-state index in [9.17, 15) is 19.3 Å². The molecule has 2 aromatic carbocycles. The molecule has 0 aliphatic carbocycles. The summed E-state index contributed by atoms with van der Waals surface area (Å²) in [6.45, 7) is 0. The summed E-state index contributed by atoms with van der Waals surface area (Å²) in [5.74, 6) is -0.453. The van der Waals surface area contributed by atoms with Gasteiger partial charge in [0, 0.05) is 36.3 Å². The Labute approximate surface area is 159 Å². The van der Waals surface area contributed by atoms with Gasteiger partial charge >= 0.3 is 0 Å². The van der Waals surface area contributed by atoms with Gasteiger partial charge in [0.25, 0.3) is 5.69 Å². The Morgan fingerprint density at radius 2 is 2.00 bits per heavy atom. The number of ether oxygens (including phenoxy) is 2. The van der Waals surface area contributed by atoms with Crippen LogP contribution in [0, 0.1) is 15.9 Å². The van der Waals surface area contributed by atoms with E-state index in [0.717, 1.165) is 12.1 Å². The molecule has 0 atom stereocenters. The highest BCUT2D eigenvalue weighted by atomic mass is 19.1. The van der Waals surface area contributed by atoms with E-state index in [1.165, 1.54) is 26.4 Å². The van der Waals surface area contributed by atoms with Crippen LogP contribution in [-0.4, -0.2) is 30.0 Å². The van der Waals surface area contributed by atoms with Crippen LogP contribution >= 0.6 is 0 Å². The van der Waals surface area contributed by atoms with E-state index in [0.29, 0.717) is 28.0 Å². The zero-order chi connectivity index (χ0) is 20.3. The molecule has 0 bridgehead atoms. The molecule has 28 heavy (non-hydrogen) atoms. The van der Waals surface area contributed by atoms with E-state index in [2.05, 4.69) is 10.3 Å². The first-order valence-corrected chi connectivity index (χ1v) is 8.21. The molecule has 0 unspecified atom stereocenters. The molecule has 0 saturated carbocycles. The third-order valence-corrected chi connectivity index (χ3v) is 4.08. The number of hydrogen-bond donors (Lipinski definition) is 1. The highest BCUT2D eigenvalue weighted by Gasteiger charge is 2.16. The van der Waals surface area contributed by atoms with Gasteiger partial charge in [0.15, 0.2) is 11.6 Å². The lowest BCUT2D eigenvalue weighted by atomic mass is 10.1. The molecular weight excluding hydrogens is 369 g/mol. The molecule has 0 spiro atoms. The fraction of sp³-hybridized carbons (Fsp3) is 0.158. The number of methoxy groups -OCH3 is 1. The average Bonchev–Trinajstić information content (AvgIpc) is 2.69. The summed E-state index contributed by atoms with van der Waals surface area (Å²) >= 11 is 0. The van der Waals surface area contributed by atoms with Crippen molar-refractivity contribution >= 4 is 22.5 Å². The van der Waals surface area contributed by atoms with Crippen molar-refractivity contribution < 1.29 is 23.6 Å². The van der Waals surface area contributed by atoms with Crippen molar-refractivity contribution in [2.45, 2.75) is 6.42 Å². The number of hydrogen-bond acceptors (Lipinski definition) is 6. The molecule has 0 saturated heterocycles. The van der Waals surface area contributed by atoms with E-state index in [4.69, 9.17) is 9.47 Å². The normalized spacial score (nSPS) is 10.5. The van der Waals surface area contributed by atoms with Crippen molar-refractivity contribution in [2.75, 3.05) is 14.2 Å². The number of nitrogens with one attached hydrogen (secondary N) is 1. The van der Waals surface area contributed by atoms with Gasteiger partial charge in [-0.1, -0.05) is 0 Å². The van der Waals surface area contributed by atoms with E-state index in [-0.39, 0.29) is 23.8 Å². The summed E-state index contributed by atoms with van der Waals surface area (Å²) in [6, 6.07) is 8.02. The lowest BCUT2D eigenvalue weighted by Crippen LogP contribution is -2.20. The van der Waals surface area contributed by atoms with Crippen LogP contribution in [0.25, 0.3) is 10.9 Å². The first-order chi connectivity index (χ1) is 13.4. The van der Waals surface area contributed by atoms with Gasteiger partial charge in [-0.3, -0.25) is 19.9 Å². The van der Waals surface area contributed by atoms with Crippen molar-refractivity contribution in [3.63, 3.8) is 0 Å². The molecule has 0 radical (unpaired) electrons. The summed E-state index contributed by atoms with van der Waals surface area (Å²) in [6.07, 6.45) is 1.56. The fourth-order valence-electron chi connectivity index (χ4n) is 2.68. The van der Waals surface area contributed by atoms with Gasteiger partial charge in [0.2, 0.25) is 5.91 Å². The molecule has 0 aliphatic rings. The van der Waals surface area contributed by atoms with Crippen molar-refractivity contribution in [3.8, 4) is 17.2 Å². The number of amides is 1.